The van der Waals surface area contributed by atoms with Gasteiger partial charge in [-0.25, -0.2) is 0 Å². The van der Waals surface area contributed by atoms with Gasteiger partial charge >= 0.3 is 0 Å². The van der Waals surface area contributed by atoms with Crippen LogP contribution in [0.4, 0.5) is 0 Å². The van der Waals surface area contributed by atoms with E-state index in [1.807, 2.05) is 48.5 Å². The fourth-order valence-electron chi connectivity index (χ4n) is 1.92. The highest BCUT2D eigenvalue weighted by Crippen LogP contribution is 2.15. The standard InChI is InChI=1S/C17H14BrN3O2S/c18-14-5-1-13(2-6-14)10-23-15-7-3-12(4-8-15)9-19-21-17-20-16(22)11-24-17/h1-9H,10-11H2,(H,20,21,22)/b19-9+. The first-order chi connectivity index (χ1) is 11.7. The minimum absolute atomic E-state index is 0.0405. The van der Waals surface area contributed by atoms with Crippen LogP contribution in [0, 0.1) is 0 Å². The second-order valence-corrected chi connectivity index (χ2v) is 6.85. The van der Waals surface area contributed by atoms with Crippen molar-refractivity contribution in [1.29, 1.82) is 0 Å². The molecule has 7 heteroatoms. The highest BCUT2D eigenvalue weighted by atomic mass is 79.9. The van der Waals surface area contributed by atoms with E-state index in [0.29, 0.717) is 17.5 Å². The number of carbonyl (C=O) groups is 1. The summed E-state index contributed by atoms with van der Waals surface area (Å²) in [4.78, 5) is 11.0. The molecule has 1 heterocycles. The molecule has 0 atom stereocenters. The summed E-state index contributed by atoms with van der Waals surface area (Å²) in [5.41, 5.74) is 2.01. The molecule has 0 aromatic heterocycles. The van der Waals surface area contributed by atoms with Crippen molar-refractivity contribution in [1.82, 2.24) is 5.32 Å². The van der Waals surface area contributed by atoms with Crippen molar-refractivity contribution in [3.63, 3.8) is 0 Å². The molecule has 1 amide bonds. The number of carbonyl (C=O) groups excluding carboxylic acids is 1. The zero-order chi connectivity index (χ0) is 16.8. The number of hydrogen-bond acceptors (Lipinski definition) is 5. The number of ether oxygens (including phenoxy) is 1. The van der Waals surface area contributed by atoms with E-state index in [1.165, 1.54) is 11.8 Å². The van der Waals surface area contributed by atoms with E-state index in [-0.39, 0.29) is 5.91 Å². The summed E-state index contributed by atoms with van der Waals surface area (Å²) in [5.74, 6) is 1.15. The molecule has 1 aliphatic rings. The Hall–Kier alpha value is -2.12. The zero-order valence-electron chi connectivity index (χ0n) is 12.6. The quantitative estimate of drug-likeness (QED) is 0.612. The topological polar surface area (TPSA) is 63.0 Å². The van der Waals surface area contributed by atoms with Crippen LogP contribution in [0.1, 0.15) is 11.1 Å². The first-order valence-electron chi connectivity index (χ1n) is 7.20. The first-order valence-corrected chi connectivity index (χ1v) is 8.98. The van der Waals surface area contributed by atoms with Gasteiger partial charge in [0.1, 0.15) is 12.4 Å². The zero-order valence-corrected chi connectivity index (χ0v) is 15.0. The van der Waals surface area contributed by atoms with Crippen LogP contribution in [0.25, 0.3) is 0 Å². The number of nitrogens with one attached hydrogen (secondary N) is 1. The molecular formula is C17H14BrN3O2S. The molecule has 1 aliphatic heterocycles. The Morgan fingerprint density at radius 3 is 2.58 bits per heavy atom. The summed E-state index contributed by atoms with van der Waals surface area (Å²) >= 11 is 4.76. The van der Waals surface area contributed by atoms with Gasteiger partial charge in [-0.15, -0.1) is 5.10 Å². The molecule has 0 aliphatic carbocycles. The molecule has 0 saturated carbocycles. The number of amidine groups is 1. The Bertz CT molecular complexity index is 773. The molecule has 1 fully saturated rings. The van der Waals surface area contributed by atoms with Crippen LogP contribution in [0.15, 0.2) is 63.2 Å². The largest absolute Gasteiger partial charge is 0.489 e. The normalized spacial score (nSPS) is 15.9. The number of benzene rings is 2. The summed E-state index contributed by atoms with van der Waals surface area (Å²) in [6.45, 7) is 0.519. The smallest absolute Gasteiger partial charge is 0.236 e. The molecule has 0 bridgehead atoms. The van der Waals surface area contributed by atoms with Gasteiger partial charge in [0, 0.05) is 4.47 Å². The van der Waals surface area contributed by atoms with Crippen LogP contribution in [0.5, 0.6) is 5.75 Å². The number of rotatable bonds is 5. The third kappa shape index (κ3) is 4.94. The number of amides is 1. The predicted molar refractivity (Wildman–Crippen MR) is 101 cm³/mol. The molecule has 0 unspecified atom stereocenters. The lowest BCUT2D eigenvalue weighted by molar-refractivity contribution is -0.116. The van der Waals surface area contributed by atoms with Crippen LogP contribution in [0.3, 0.4) is 0 Å². The fraction of sp³-hybridized carbons (Fsp3) is 0.118. The molecule has 122 valence electrons. The van der Waals surface area contributed by atoms with Gasteiger partial charge in [-0.1, -0.05) is 39.8 Å². The van der Waals surface area contributed by atoms with Crippen LogP contribution in [-0.2, 0) is 11.4 Å². The Labute approximate surface area is 152 Å². The molecule has 0 spiro atoms. The Balaban J connectivity index is 1.53. The lowest BCUT2D eigenvalue weighted by Crippen LogP contribution is -2.19. The molecule has 0 radical (unpaired) electrons. The maximum absolute atomic E-state index is 11.0. The molecule has 3 rings (SSSR count). The van der Waals surface area contributed by atoms with E-state index in [9.17, 15) is 4.79 Å². The summed E-state index contributed by atoms with van der Waals surface area (Å²) in [6, 6.07) is 15.6. The lowest BCUT2D eigenvalue weighted by Gasteiger charge is -2.06. The van der Waals surface area contributed by atoms with Crippen molar-refractivity contribution < 1.29 is 9.53 Å². The second kappa shape index (κ2) is 8.12. The van der Waals surface area contributed by atoms with Crippen molar-refractivity contribution in [2.75, 3.05) is 5.75 Å². The predicted octanol–water partition coefficient (Wildman–Crippen LogP) is 3.58. The number of hydrogen-bond donors (Lipinski definition) is 1. The van der Waals surface area contributed by atoms with Crippen molar-refractivity contribution >= 4 is 45.0 Å². The molecule has 2 aromatic rings. The minimum Gasteiger partial charge on any atom is -0.489 e. The summed E-state index contributed by atoms with van der Waals surface area (Å²) in [6.07, 6.45) is 1.64. The first kappa shape index (κ1) is 16.7. The minimum atomic E-state index is -0.0405. The molecule has 24 heavy (non-hydrogen) atoms. The molecule has 2 aromatic carbocycles. The Morgan fingerprint density at radius 1 is 1.17 bits per heavy atom. The maximum atomic E-state index is 11.0. The van der Waals surface area contributed by atoms with Gasteiger partial charge in [-0.05, 0) is 47.5 Å². The Kier molecular flexibility index (Phi) is 5.66. The van der Waals surface area contributed by atoms with Crippen LogP contribution >= 0.6 is 27.7 Å². The number of thioether (sulfide) groups is 1. The SMILES string of the molecule is O=C1CS/C(=N\N=C\c2ccc(OCc3ccc(Br)cc3)cc2)N1. The molecule has 5 nitrogen and oxygen atoms in total. The van der Waals surface area contributed by atoms with Crippen molar-refractivity contribution in [2.24, 2.45) is 10.2 Å². The van der Waals surface area contributed by atoms with E-state index in [0.717, 1.165) is 21.3 Å². The van der Waals surface area contributed by atoms with Gasteiger partial charge in [0.15, 0.2) is 5.17 Å². The monoisotopic (exact) mass is 403 g/mol. The van der Waals surface area contributed by atoms with Crippen LogP contribution in [0.2, 0.25) is 0 Å². The molecule has 1 saturated heterocycles. The maximum Gasteiger partial charge on any atom is 0.236 e. The third-order valence-electron chi connectivity index (χ3n) is 3.14. The summed E-state index contributed by atoms with van der Waals surface area (Å²) in [7, 11) is 0. The van der Waals surface area contributed by atoms with E-state index in [1.54, 1.807) is 6.21 Å². The van der Waals surface area contributed by atoms with Crippen molar-refractivity contribution in [3.05, 3.63) is 64.1 Å². The van der Waals surface area contributed by atoms with E-state index in [2.05, 4.69) is 31.4 Å². The van der Waals surface area contributed by atoms with Gasteiger partial charge in [0.25, 0.3) is 0 Å². The summed E-state index contributed by atoms with van der Waals surface area (Å²) in [5, 5.41) is 11.1. The third-order valence-corrected chi connectivity index (χ3v) is 4.53. The lowest BCUT2D eigenvalue weighted by atomic mass is 10.2. The van der Waals surface area contributed by atoms with E-state index >= 15 is 0 Å². The van der Waals surface area contributed by atoms with Crippen LogP contribution in [-0.4, -0.2) is 23.0 Å². The van der Waals surface area contributed by atoms with Crippen molar-refractivity contribution in [3.8, 4) is 5.75 Å². The second-order valence-electron chi connectivity index (χ2n) is 4.97. The van der Waals surface area contributed by atoms with Gasteiger partial charge < -0.3 is 10.1 Å². The molecular weight excluding hydrogens is 390 g/mol. The van der Waals surface area contributed by atoms with E-state index in [4.69, 9.17) is 4.74 Å². The highest BCUT2D eigenvalue weighted by Gasteiger charge is 2.15. The summed E-state index contributed by atoms with van der Waals surface area (Å²) < 4.78 is 6.80. The highest BCUT2D eigenvalue weighted by molar-refractivity contribution is 9.10. The average molecular weight is 404 g/mol. The Morgan fingerprint density at radius 2 is 1.92 bits per heavy atom. The van der Waals surface area contributed by atoms with Gasteiger partial charge in [-0.2, -0.15) is 5.10 Å². The van der Waals surface area contributed by atoms with Crippen molar-refractivity contribution in [2.45, 2.75) is 6.61 Å². The van der Waals surface area contributed by atoms with E-state index < -0.39 is 0 Å². The number of halogens is 1. The average Bonchev–Trinajstić information content (AvgIpc) is 3.01. The van der Waals surface area contributed by atoms with Gasteiger partial charge in [-0.3, -0.25) is 4.79 Å². The fourth-order valence-corrected chi connectivity index (χ4v) is 2.82. The number of nitrogens with zero attached hydrogens (tertiary/aromatic N) is 2. The van der Waals surface area contributed by atoms with Crippen LogP contribution < -0.4 is 10.1 Å². The van der Waals surface area contributed by atoms with Gasteiger partial charge in [0.05, 0.1) is 12.0 Å². The van der Waals surface area contributed by atoms with Gasteiger partial charge in [0.2, 0.25) is 5.91 Å². The molecule has 1 N–H and O–H groups in total.